The van der Waals surface area contributed by atoms with E-state index >= 15 is 0 Å². The van der Waals surface area contributed by atoms with Crippen molar-refractivity contribution in [1.29, 1.82) is 0 Å². The van der Waals surface area contributed by atoms with Gasteiger partial charge in [0.25, 0.3) is 0 Å². The van der Waals surface area contributed by atoms with Gasteiger partial charge in [0.2, 0.25) is 5.91 Å². The zero-order valence-corrected chi connectivity index (χ0v) is 11.4. The van der Waals surface area contributed by atoms with Crippen molar-refractivity contribution in [3.8, 4) is 0 Å². The Kier molecular flexibility index (Phi) is 5.61. The van der Waals surface area contributed by atoms with Crippen LogP contribution in [-0.2, 0) is 9.59 Å². The van der Waals surface area contributed by atoms with Crippen LogP contribution in [-0.4, -0.2) is 40.0 Å². The van der Waals surface area contributed by atoms with Crippen LogP contribution in [0.5, 0.6) is 0 Å². The standard InChI is InChI=1S/C12H24N2O3/c1-6-8(3)9(13)10(15)14(7-2)12(4,5)11(16)17/h8-9H,6-7,13H2,1-5H3,(H,16,17)/t8-,9-/m0/s1. The van der Waals surface area contributed by atoms with Crippen molar-refractivity contribution in [2.75, 3.05) is 6.54 Å². The van der Waals surface area contributed by atoms with Gasteiger partial charge >= 0.3 is 5.97 Å². The molecule has 2 atom stereocenters. The number of carboxylic acids is 1. The molecule has 0 saturated carbocycles. The molecule has 3 N–H and O–H groups in total. The van der Waals surface area contributed by atoms with Crippen molar-refractivity contribution < 1.29 is 14.7 Å². The van der Waals surface area contributed by atoms with Crippen molar-refractivity contribution in [2.45, 2.75) is 52.6 Å². The summed E-state index contributed by atoms with van der Waals surface area (Å²) in [4.78, 5) is 24.6. The lowest BCUT2D eigenvalue weighted by molar-refractivity contribution is -0.157. The van der Waals surface area contributed by atoms with Crippen molar-refractivity contribution >= 4 is 11.9 Å². The van der Waals surface area contributed by atoms with Crippen LogP contribution in [0.1, 0.15) is 41.0 Å². The number of carboxylic acid groups (broad SMARTS) is 1. The molecule has 0 aliphatic heterocycles. The maximum absolute atomic E-state index is 12.2. The molecule has 0 aromatic heterocycles. The molecule has 1 amide bonds. The van der Waals surface area contributed by atoms with E-state index in [4.69, 9.17) is 10.8 Å². The summed E-state index contributed by atoms with van der Waals surface area (Å²) in [5, 5.41) is 9.13. The van der Waals surface area contributed by atoms with E-state index in [2.05, 4.69) is 0 Å². The van der Waals surface area contributed by atoms with Crippen molar-refractivity contribution in [3.63, 3.8) is 0 Å². The van der Waals surface area contributed by atoms with Crippen LogP contribution in [0, 0.1) is 5.92 Å². The van der Waals surface area contributed by atoms with E-state index in [-0.39, 0.29) is 11.8 Å². The van der Waals surface area contributed by atoms with Gasteiger partial charge in [-0.3, -0.25) is 4.79 Å². The smallest absolute Gasteiger partial charge is 0.329 e. The zero-order valence-electron chi connectivity index (χ0n) is 11.4. The highest BCUT2D eigenvalue weighted by Crippen LogP contribution is 2.18. The Hall–Kier alpha value is -1.10. The summed E-state index contributed by atoms with van der Waals surface area (Å²) in [5.41, 5.74) is 4.64. The first-order chi connectivity index (χ1) is 7.69. The molecular formula is C12H24N2O3. The molecule has 5 nitrogen and oxygen atoms in total. The Morgan fingerprint density at radius 1 is 1.35 bits per heavy atom. The van der Waals surface area contributed by atoms with E-state index in [0.717, 1.165) is 6.42 Å². The molecule has 100 valence electrons. The molecule has 0 aliphatic rings. The van der Waals surface area contributed by atoms with Crippen LogP contribution in [0.3, 0.4) is 0 Å². The third-order valence-corrected chi connectivity index (χ3v) is 3.32. The fourth-order valence-electron chi connectivity index (χ4n) is 1.62. The average molecular weight is 244 g/mol. The first-order valence-electron chi connectivity index (χ1n) is 6.00. The minimum Gasteiger partial charge on any atom is -0.480 e. The molecule has 0 spiro atoms. The van der Waals surface area contributed by atoms with E-state index in [1.807, 2.05) is 13.8 Å². The Morgan fingerprint density at radius 3 is 2.12 bits per heavy atom. The number of carbonyl (C=O) groups excluding carboxylic acids is 1. The SMILES string of the molecule is CC[C@H](C)[C@H](N)C(=O)N(CC)C(C)(C)C(=O)O. The topological polar surface area (TPSA) is 83.6 Å². The highest BCUT2D eigenvalue weighted by atomic mass is 16.4. The summed E-state index contributed by atoms with van der Waals surface area (Å²) in [7, 11) is 0. The molecule has 0 rings (SSSR count). The predicted octanol–water partition coefficient (Wildman–Crippen LogP) is 1.07. The summed E-state index contributed by atoms with van der Waals surface area (Å²) >= 11 is 0. The van der Waals surface area contributed by atoms with Crippen LogP contribution in [0.25, 0.3) is 0 Å². The monoisotopic (exact) mass is 244 g/mol. The number of carbonyl (C=O) groups is 2. The minimum atomic E-state index is -1.23. The van der Waals surface area contributed by atoms with Crippen molar-refractivity contribution in [2.24, 2.45) is 11.7 Å². The van der Waals surface area contributed by atoms with E-state index < -0.39 is 17.6 Å². The van der Waals surface area contributed by atoms with Gasteiger partial charge in [-0.2, -0.15) is 0 Å². The van der Waals surface area contributed by atoms with E-state index in [1.165, 1.54) is 18.7 Å². The lowest BCUT2D eigenvalue weighted by atomic mass is 9.95. The summed E-state index contributed by atoms with van der Waals surface area (Å²) in [5.74, 6) is -1.28. The number of amides is 1. The number of hydrogen-bond donors (Lipinski definition) is 2. The minimum absolute atomic E-state index is 0.0427. The number of nitrogens with zero attached hydrogens (tertiary/aromatic N) is 1. The maximum Gasteiger partial charge on any atom is 0.329 e. The summed E-state index contributed by atoms with van der Waals surface area (Å²) in [6.07, 6.45) is 0.790. The molecule has 0 aromatic rings. The van der Waals surface area contributed by atoms with Crippen LogP contribution in [0.15, 0.2) is 0 Å². The van der Waals surface area contributed by atoms with E-state index in [9.17, 15) is 9.59 Å². The maximum atomic E-state index is 12.2. The molecule has 0 aromatic carbocycles. The first-order valence-corrected chi connectivity index (χ1v) is 6.00. The van der Waals surface area contributed by atoms with Crippen LogP contribution < -0.4 is 5.73 Å². The molecule has 17 heavy (non-hydrogen) atoms. The summed E-state index contributed by atoms with van der Waals surface area (Å²) in [6, 6.07) is -0.640. The van der Waals surface area contributed by atoms with Gasteiger partial charge in [-0.25, -0.2) is 4.79 Å². The molecule has 0 aliphatic carbocycles. The van der Waals surface area contributed by atoms with E-state index in [0.29, 0.717) is 6.54 Å². The van der Waals surface area contributed by atoms with Gasteiger partial charge in [0.1, 0.15) is 5.54 Å². The highest BCUT2D eigenvalue weighted by molar-refractivity contribution is 5.89. The van der Waals surface area contributed by atoms with Crippen LogP contribution in [0.4, 0.5) is 0 Å². The van der Waals surface area contributed by atoms with Gasteiger partial charge in [-0.15, -0.1) is 0 Å². The molecule has 0 saturated heterocycles. The molecule has 0 unspecified atom stereocenters. The predicted molar refractivity (Wildman–Crippen MR) is 66.5 cm³/mol. The molecule has 0 bridgehead atoms. The highest BCUT2D eigenvalue weighted by Gasteiger charge is 2.39. The van der Waals surface area contributed by atoms with Crippen LogP contribution >= 0.6 is 0 Å². The van der Waals surface area contributed by atoms with Gasteiger partial charge in [0, 0.05) is 6.54 Å². The van der Waals surface area contributed by atoms with Gasteiger partial charge in [0.15, 0.2) is 0 Å². The normalized spacial score (nSPS) is 15.2. The molecule has 0 heterocycles. The zero-order chi connectivity index (χ0) is 13.8. The number of aliphatic carboxylic acids is 1. The third kappa shape index (κ3) is 3.43. The average Bonchev–Trinajstić information content (AvgIpc) is 2.27. The molecular weight excluding hydrogens is 220 g/mol. The second kappa shape index (κ2) is 6.00. The Bertz CT molecular complexity index is 289. The fourth-order valence-corrected chi connectivity index (χ4v) is 1.62. The number of likely N-dealkylation sites (N-methyl/N-ethyl adjacent to an activating group) is 1. The van der Waals surface area contributed by atoms with Gasteiger partial charge in [0.05, 0.1) is 6.04 Å². The number of hydrogen-bond acceptors (Lipinski definition) is 3. The van der Waals surface area contributed by atoms with Gasteiger partial charge < -0.3 is 15.7 Å². The number of rotatable bonds is 6. The van der Waals surface area contributed by atoms with Gasteiger partial charge in [-0.1, -0.05) is 20.3 Å². The van der Waals surface area contributed by atoms with E-state index in [1.54, 1.807) is 6.92 Å². The largest absolute Gasteiger partial charge is 0.480 e. The summed E-state index contributed by atoms with van der Waals surface area (Å²) in [6.45, 7) is 8.97. The summed E-state index contributed by atoms with van der Waals surface area (Å²) < 4.78 is 0. The van der Waals surface area contributed by atoms with Crippen LogP contribution in [0.2, 0.25) is 0 Å². The fraction of sp³-hybridized carbons (Fsp3) is 0.833. The Morgan fingerprint density at radius 2 is 1.82 bits per heavy atom. The van der Waals surface area contributed by atoms with Crippen molar-refractivity contribution in [1.82, 2.24) is 4.90 Å². The third-order valence-electron chi connectivity index (χ3n) is 3.32. The molecule has 5 heteroatoms. The molecule has 0 fully saturated rings. The number of nitrogens with two attached hydrogens (primary N) is 1. The lowest BCUT2D eigenvalue weighted by Gasteiger charge is -2.36. The van der Waals surface area contributed by atoms with Crippen molar-refractivity contribution in [3.05, 3.63) is 0 Å². The van der Waals surface area contributed by atoms with Gasteiger partial charge in [-0.05, 0) is 26.7 Å². The lowest BCUT2D eigenvalue weighted by Crippen LogP contribution is -2.58. The second-order valence-electron chi connectivity index (χ2n) is 4.86. The first kappa shape index (κ1) is 15.9. The Labute approximate surface area is 103 Å². The Balaban J connectivity index is 5.02. The molecule has 0 radical (unpaired) electrons. The second-order valence-corrected chi connectivity index (χ2v) is 4.86. The quantitative estimate of drug-likeness (QED) is 0.732.